The van der Waals surface area contributed by atoms with Crippen molar-refractivity contribution in [2.75, 3.05) is 6.61 Å². The van der Waals surface area contributed by atoms with Crippen molar-refractivity contribution in [1.29, 1.82) is 0 Å². The Hall–Kier alpha value is -1.42. The van der Waals surface area contributed by atoms with Gasteiger partial charge in [-0.25, -0.2) is 0 Å². The molecule has 1 fully saturated rings. The molecule has 0 atom stereocenters. The van der Waals surface area contributed by atoms with Crippen LogP contribution in [0.1, 0.15) is 44.6 Å². The van der Waals surface area contributed by atoms with Gasteiger partial charge in [-0.05, 0) is 25.3 Å². The van der Waals surface area contributed by atoms with E-state index in [4.69, 9.17) is 4.74 Å². The van der Waals surface area contributed by atoms with Gasteiger partial charge in [0.1, 0.15) is 11.5 Å². The van der Waals surface area contributed by atoms with Gasteiger partial charge in [-0.2, -0.15) is 0 Å². The van der Waals surface area contributed by atoms with E-state index in [0.29, 0.717) is 38.0 Å². The molecule has 4 nitrogen and oxygen atoms in total. The van der Waals surface area contributed by atoms with Crippen molar-refractivity contribution in [2.24, 2.45) is 0 Å². The van der Waals surface area contributed by atoms with E-state index in [0.717, 1.165) is 12.0 Å². The van der Waals surface area contributed by atoms with E-state index in [1.807, 2.05) is 13.0 Å². The first-order chi connectivity index (χ1) is 8.64. The summed E-state index contributed by atoms with van der Waals surface area (Å²) in [6, 6.07) is 1.83. The number of aromatic nitrogens is 1. The molecule has 98 valence electrons. The summed E-state index contributed by atoms with van der Waals surface area (Å²) in [5, 5.41) is 10.6. The van der Waals surface area contributed by atoms with Crippen molar-refractivity contribution < 1.29 is 14.6 Å². The van der Waals surface area contributed by atoms with Crippen LogP contribution in [0.15, 0.2) is 18.5 Å². The SMILES string of the molecule is CCCOc1cncc(C2(O)CCC(=O)CC2)c1. The van der Waals surface area contributed by atoms with Crippen LogP contribution in [0.4, 0.5) is 0 Å². The molecule has 1 heterocycles. The molecule has 0 unspecified atom stereocenters. The normalized spacial score (nSPS) is 18.7. The maximum absolute atomic E-state index is 11.2. The average molecular weight is 249 g/mol. The van der Waals surface area contributed by atoms with Gasteiger partial charge < -0.3 is 9.84 Å². The maximum atomic E-state index is 11.2. The van der Waals surface area contributed by atoms with Gasteiger partial charge in [0.05, 0.1) is 18.4 Å². The number of carbonyl (C=O) groups excluding carboxylic acids is 1. The summed E-state index contributed by atoms with van der Waals surface area (Å²) in [4.78, 5) is 15.3. The summed E-state index contributed by atoms with van der Waals surface area (Å²) in [5.74, 6) is 0.908. The van der Waals surface area contributed by atoms with Gasteiger partial charge >= 0.3 is 0 Å². The van der Waals surface area contributed by atoms with Crippen LogP contribution in [-0.2, 0) is 10.4 Å². The first kappa shape index (κ1) is 13.0. The van der Waals surface area contributed by atoms with Gasteiger partial charge in [0.25, 0.3) is 0 Å². The molecule has 18 heavy (non-hydrogen) atoms. The number of pyridine rings is 1. The molecular weight excluding hydrogens is 230 g/mol. The minimum Gasteiger partial charge on any atom is -0.492 e. The summed E-state index contributed by atoms with van der Waals surface area (Å²) in [6.07, 6.45) is 6.08. The Labute approximate surface area is 107 Å². The predicted molar refractivity (Wildman–Crippen MR) is 67.4 cm³/mol. The molecular formula is C14H19NO3. The molecule has 2 rings (SSSR count). The molecule has 4 heteroatoms. The lowest BCUT2D eigenvalue weighted by molar-refractivity contribution is -0.125. The van der Waals surface area contributed by atoms with E-state index in [9.17, 15) is 9.90 Å². The Bertz CT molecular complexity index is 421. The van der Waals surface area contributed by atoms with Gasteiger partial charge in [-0.15, -0.1) is 0 Å². The van der Waals surface area contributed by atoms with Gasteiger partial charge in [0, 0.05) is 24.6 Å². The Morgan fingerprint density at radius 2 is 2.11 bits per heavy atom. The Balaban J connectivity index is 2.14. The number of carbonyl (C=O) groups is 1. The van der Waals surface area contributed by atoms with Crippen molar-refractivity contribution in [1.82, 2.24) is 4.98 Å². The molecule has 1 aromatic heterocycles. The van der Waals surface area contributed by atoms with Crippen LogP contribution in [0.2, 0.25) is 0 Å². The number of ketones is 1. The van der Waals surface area contributed by atoms with Gasteiger partial charge in [-0.1, -0.05) is 6.92 Å². The van der Waals surface area contributed by atoms with Crippen LogP contribution >= 0.6 is 0 Å². The molecule has 0 bridgehead atoms. The summed E-state index contributed by atoms with van der Waals surface area (Å²) < 4.78 is 5.51. The third kappa shape index (κ3) is 2.88. The summed E-state index contributed by atoms with van der Waals surface area (Å²) >= 11 is 0. The van der Waals surface area contributed by atoms with Crippen LogP contribution < -0.4 is 4.74 Å². The zero-order valence-electron chi connectivity index (χ0n) is 10.7. The highest BCUT2D eigenvalue weighted by molar-refractivity contribution is 5.79. The zero-order valence-corrected chi connectivity index (χ0v) is 10.7. The van der Waals surface area contributed by atoms with Gasteiger partial charge in [0.15, 0.2) is 0 Å². The second-order valence-corrected chi connectivity index (χ2v) is 4.83. The molecule has 0 aromatic carbocycles. The van der Waals surface area contributed by atoms with E-state index >= 15 is 0 Å². The molecule has 1 aliphatic carbocycles. The van der Waals surface area contributed by atoms with E-state index < -0.39 is 5.60 Å². The molecule has 0 amide bonds. The van der Waals surface area contributed by atoms with Crippen molar-refractivity contribution in [3.63, 3.8) is 0 Å². The molecule has 0 aliphatic heterocycles. The minimum absolute atomic E-state index is 0.228. The first-order valence-electron chi connectivity index (χ1n) is 6.46. The van der Waals surface area contributed by atoms with Crippen LogP contribution in [0.25, 0.3) is 0 Å². The molecule has 0 spiro atoms. The molecule has 1 aliphatic rings. The number of aliphatic hydroxyl groups is 1. The van der Waals surface area contributed by atoms with Crippen LogP contribution in [0, 0.1) is 0 Å². The number of Topliss-reactive ketones (excluding diaryl/α,β-unsaturated/α-hetero) is 1. The van der Waals surface area contributed by atoms with Gasteiger partial charge in [0.2, 0.25) is 0 Å². The molecule has 1 N–H and O–H groups in total. The smallest absolute Gasteiger partial charge is 0.137 e. The summed E-state index contributed by atoms with van der Waals surface area (Å²) in [5.41, 5.74) is -0.171. The standard InChI is InChI=1S/C14H19NO3/c1-2-7-18-13-8-11(9-15-10-13)14(17)5-3-12(16)4-6-14/h8-10,17H,2-7H2,1H3. The summed E-state index contributed by atoms with van der Waals surface area (Å²) in [7, 11) is 0. The minimum atomic E-state index is -0.924. The van der Waals surface area contributed by atoms with Crippen molar-refractivity contribution >= 4 is 5.78 Å². The molecule has 0 radical (unpaired) electrons. The third-order valence-corrected chi connectivity index (χ3v) is 3.36. The van der Waals surface area contributed by atoms with E-state index in [2.05, 4.69) is 4.98 Å². The lowest BCUT2D eigenvalue weighted by Gasteiger charge is -2.31. The lowest BCUT2D eigenvalue weighted by Crippen LogP contribution is -2.31. The monoisotopic (exact) mass is 249 g/mol. The fraction of sp³-hybridized carbons (Fsp3) is 0.571. The Morgan fingerprint density at radius 3 is 2.78 bits per heavy atom. The van der Waals surface area contributed by atoms with E-state index in [-0.39, 0.29) is 5.78 Å². The van der Waals surface area contributed by atoms with E-state index in [1.54, 1.807) is 12.4 Å². The van der Waals surface area contributed by atoms with Crippen LogP contribution in [0.5, 0.6) is 5.75 Å². The van der Waals surface area contributed by atoms with Crippen molar-refractivity contribution in [3.05, 3.63) is 24.0 Å². The number of nitrogens with zero attached hydrogens (tertiary/aromatic N) is 1. The topological polar surface area (TPSA) is 59.4 Å². The largest absolute Gasteiger partial charge is 0.492 e. The van der Waals surface area contributed by atoms with Crippen LogP contribution in [-0.4, -0.2) is 22.5 Å². The number of rotatable bonds is 4. The highest BCUT2D eigenvalue weighted by atomic mass is 16.5. The predicted octanol–water partition coefficient (Wildman–Crippen LogP) is 2.20. The molecule has 0 saturated heterocycles. The van der Waals surface area contributed by atoms with Gasteiger partial charge in [-0.3, -0.25) is 9.78 Å². The first-order valence-corrected chi connectivity index (χ1v) is 6.46. The molecule has 1 aromatic rings. The van der Waals surface area contributed by atoms with Crippen molar-refractivity contribution in [3.8, 4) is 5.75 Å². The highest BCUT2D eigenvalue weighted by Crippen LogP contribution is 2.36. The Kier molecular flexibility index (Phi) is 3.97. The highest BCUT2D eigenvalue weighted by Gasteiger charge is 2.34. The fourth-order valence-electron chi connectivity index (χ4n) is 2.20. The zero-order chi connectivity index (χ0) is 13.0. The number of hydrogen-bond acceptors (Lipinski definition) is 4. The lowest BCUT2D eigenvalue weighted by atomic mass is 9.80. The molecule has 1 saturated carbocycles. The second-order valence-electron chi connectivity index (χ2n) is 4.83. The maximum Gasteiger partial charge on any atom is 0.137 e. The number of ether oxygens (including phenoxy) is 1. The average Bonchev–Trinajstić information content (AvgIpc) is 2.40. The fourth-order valence-corrected chi connectivity index (χ4v) is 2.20. The van der Waals surface area contributed by atoms with Crippen molar-refractivity contribution in [2.45, 2.75) is 44.6 Å². The third-order valence-electron chi connectivity index (χ3n) is 3.36. The van der Waals surface area contributed by atoms with Crippen LogP contribution in [0.3, 0.4) is 0 Å². The second kappa shape index (κ2) is 5.48. The number of hydrogen-bond donors (Lipinski definition) is 1. The Morgan fingerprint density at radius 1 is 1.39 bits per heavy atom. The summed E-state index contributed by atoms with van der Waals surface area (Å²) in [6.45, 7) is 2.68. The van der Waals surface area contributed by atoms with E-state index in [1.165, 1.54) is 0 Å². The quantitative estimate of drug-likeness (QED) is 0.888.